The van der Waals surface area contributed by atoms with Crippen LogP contribution in [0.2, 0.25) is 5.02 Å². The minimum absolute atomic E-state index is 0.0556. The summed E-state index contributed by atoms with van der Waals surface area (Å²) >= 11 is 6.11. The smallest absolute Gasteiger partial charge is 0.239 e. The number of nitrogens with zero attached hydrogens (tertiary/aromatic N) is 1. The van der Waals surface area contributed by atoms with Gasteiger partial charge in [-0.15, -0.1) is 0 Å². The maximum absolute atomic E-state index is 12.0. The third-order valence-corrected chi connectivity index (χ3v) is 3.39. The van der Waals surface area contributed by atoms with Crippen LogP contribution < -0.4 is 5.73 Å². The van der Waals surface area contributed by atoms with Crippen molar-refractivity contribution in [1.82, 2.24) is 4.90 Å². The second-order valence-corrected chi connectivity index (χ2v) is 4.57. The van der Waals surface area contributed by atoms with Gasteiger partial charge in [0.2, 0.25) is 5.91 Å². The summed E-state index contributed by atoms with van der Waals surface area (Å²) < 4.78 is 0. The van der Waals surface area contributed by atoms with Crippen LogP contribution in [-0.4, -0.2) is 23.9 Å². The van der Waals surface area contributed by atoms with Crippen molar-refractivity contribution in [1.29, 1.82) is 0 Å². The molecule has 94 valence electrons. The van der Waals surface area contributed by atoms with Crippen molar-refractivity contribution < 1.29 is 4.79 Å². The molecule has 0 saturated heterocycles. The van der Waals surface area contributed by atoms with Gasteiger partial charge in [0.1, 0.15) is 0 Å². The lowest BCUT2D eigenvalue weighted by Crippen LogP contribution is -2.42. The molecule has 4 heteroatoms. The summed E-state index contributed by atoms with van der Waals surface area (Å²) in [6, 6.07) is 7.02. The van der Waals surface area contributed by atoms with Crippen LogP contribution in [0.25, 0.3) is 0 Å². The van der Waals surface area contributed by atoms with E-state index in [2.05, 4.69) is 0 Å². The molecule has 0 aliphatic heterocycles. The van der Waals surface area contributed by atoms with Gasteiger partial charge >= 0.3 is 0 Å². The third kappa shape index (κ3) is 3.20. The van der Waals surface area contributed by atoms with Crippen LogP contribution in [0.3, 0.4) is 0 Å². The van der Waals surface area contributed by atoms with Gasteiger partial charge in [0.15, 0.2) is 0 Å². The Morgan fingerprint density at radius 3 is 2.59 bits per heavy atom. The summed E-state index contributed by atoms with van der Waals surface area (Å²) in [6.07, 6.45) is 0.637. The molecular weight excluding hydrogens is 236 g/mol. The van der Waals surface area contributed by atoms with Gasteiger partial charge in [0.25, 0.3) is 0 Å². The number of rotatable bonds is 4. The molecule has 0 aliphatic rings. The number of benzene rings is 1. The van der Waals surface area contributed by atoms with Crippen LogP contribution in [0, 0.1) is 0 Å². The van der Waals surface area contributed by atoms with E-state index in [1.807, 2.05) is 38.1 Å². The van der Waals surface area contributed by atoms with Crippen LogP contribution in [-0.2, 0) is 4.79 Å². The first-order valence-corrected chi connectivity index (χ1v) is 6.13. The van der Waals surface area contributed by atoms with Gasteiger partial charge in [-0.2, -0.15) is 0 Å². The first kappa shape index (κ1) is 14.0. The highest BCUT2D eigenvalue weighted by atomic mass is 35.5. The Bertz CT molecular complexity index is 395. The second-order valence-electron chi connectivity index (χ2n) is 4.16. The minimum Gasteiger partial charge on any atom is -0.338 e. The monoisotopic (exact) mass is 254 g/mol. The normalized spacial score (nSPS) is 14.2. The molecule has 0 heterocycles. The molecule has 0 aromatic heterocycles. The Morgan fingerprint density at radius 1 is 1.47 bits per heavy atom. The summed E-state index contributed by atoms with van der Waals surface area (Å²) in [4.78, 5) is 13.6. The molecule has 17 heavy (non-hydrogen) atoms. The first-order chi connectivity index (χ1) is 7.99. The van der Waals surface area contributed by atoms with Crippen LogP contribution in [0.4, 0.5) is 0 Å². The first-order valence-electron chi connectivity index (χ1n) is 5.75. The zero-order valence-electron chi connectivity index (χ0n) is 10.5. The van der Waals surface area contributed by atoms with Crippen molar-refractivity contribution in [3.05, 3.63) is 34.9 Å². The zero-order valence-corrected chi connectivity index (χ0v) is 11.2. The molecule has 0 saturated carbocycles. The Labute approximate surface area is 108 Å². The van der Waals surface area contributed by atoms with E-state index in [1.165, 1.54) is 0 Å². The van der Waals surface area contributed by atoms with Crippen LogP contribution in [0.5, 0.6) is 0 Å². The molecule has 1 aromatic rings. The minimum atomic E-state index is -0.440. The zero-order chi connectivity index (χ0) is 13.0. The van der Waals surface area contributed by atoms with E-state index in [0.29, 0.717) is 11.4 Å². The van der Waals surface area contributed by atoms with Crippen LogP contribution in [0.15, 0.2) is 24.3 Å². The quantitative estimate of drug-likeness (QED) is 0.898. The highest BCUT2D eigenvalue weighted by Crippen LogP contribution is 2.26. The van der Waals surface area contributed by atoms with E-state index >= 15 is 0 Å². The topological polar surface area (TPSA) is 46.3 Å². The van der Waals surface area contributed by atoms with Crippen LogP contribution >= 0.6 is 11.6 Å². The lowest BCUT2D eigenvalue weighted by atomic mass is 10.1. The van der Waals surface area contributed by atoms with E-state index in [9.17, 15) is 4.79 Å². The molecule has 2 atom stereocenters. The Hall–Kier alpha value is -1.06. The number of halogens is 1. The van der Waals surface area contributed by atoms with Crippen LogP contribution in [0.1, 0.15) is 31.9 Å². The average Bonchev–Trinajstić information content (AvgIpc) is 2.35. The summed E-state index contributed by atoms with van der Waals surface area (Å²) in [5.41, 5.74) is 6.69. The molecule has 0 bridgehead atoms. The SMILES string of the molecule is CC[C@@H](N)C(=O)N(C)C(C)c1ccccc1Cl. The predicted molar refractivity (Wildman–Crippen MR) is 70.9 cm³/mol. The molecule has 2 N–H and O–H groups in total. The molecule has 0 aliphatic carbocycles. The van der Waals surface area contributed by atoms with Gasteiger partial charge in [-0.1, -0.05) is 36.7 Å². The Balaban J connectivity index is 2.87. The molecule has 1 aromatic carbocycles. The number of hydrogen-bond acceptors (Lipinski definition) is 2. The number of hydrogen-bond donors (Lipinski definition) is 1. The highest BCUT2D eigenvalue weighted by Gasteiger charge is 2.22. The average molecular weight is 255 g/mol. The number of nitrogens with two attached hydrogens (primary N) is 1. The maximum Gasteiger partial charge on any atom is 0.239 e. The lowest BCUT2D eigenvalue weighted by Gasteiger charge is -2.28. The molecule has 0 fully saturated rings. The molecule has 1 amide bonds. The molecule has 0 spiro atoms. The maximum atomic E-state index is 12.0. The summed E-state index contributed by atoms with van der Waals surface area (Å²) in [5, 5.41) is 0.671. The van der Waals surface area contributed by atoms with E-state index in [1.54, 1.807) is 11.9 Å². The predicted octanol–water partition coefficient (Wildman–Crippen LogP) is 2.60. The fourth-order valence-electron chi connectivity index (χ4n) is 1.65. The standard InChI is InChI=1S/C13H19ClN2O/c1-4-12(15)13(17)16(3)9(2)10-7-5-6-8-11(10)14/h5-9,12H,4,15H2,1-3H3/t9?,12-/m1/s1. The fourth-order valence-corrected chi connectivity index (χ4v) is 1.94. The van der Waals surface area contributed by atoms with Crippen molar-refractivity contribution in [2.24, 2.45) is 5.73 Å². The Kier molecular flexibility index (Phi) is 4.97. The summed E-state index contributed by atoms with van der Waals surface area (Å²) in [5.74, 6) is -0.0556. The van der Waals surface area contributed by atoms with Gasteiger partial charge in [-0.05, 0) is 25.0 Å². The molecule has 1 unspecified atom stereocenters. The van der Waals surface area contributed by atoms with Crippen molar-refractivity contribution in [2.45, 2.75) is 32.4 Å². The van der Waals surface area contributed by atoms with E-state index in [4.69, 9.17) is 17.3 Å². The van der Waals surface area contributed by atoms with E-state index in [0.717, 1.165) is 5.56 Å². The summed E-state index contributed by atoms with van der Waals surface area (Å²) in [6.45, 7) is 3.85. The Morgan fingerprint density at radius 2 is 2.06 bits per heavy atom. The van der Waals surface area contributed by atoms with Crippen molar-refractivity contribution in [3.63, 3.8) is 0 Å². The van der Waals surface area contributed by atoms with Crippen molar-refractivity contribution in [2.75, 3.05) is 7.05 Å². The largest absolute Gasteiger partial charge is 0.338 e. The van der Waals surface area contributed by atoms with Gasteiger partial charge in [0.05, 0.1) is 12.1 Å². The molecule has 0 radical (unpaired) electrons. The van der Waals surface area contributed by atoms with Gasteiger partial charge in [0, 0.05) is 12.1 Å². The van der Waals surface area contributed by atoms with Gasteiger partial charge in [-0.3, -0.25) is 4.79 Å². The van der Waals surface area contributed by atoms with Crippen molar-refractivity contribution in [3.8, 4) is 0 Å². The number of carbonyl (C=O) groups is 1. The number of carbonyl (C=O) groups excluding carboxylic acids is 1. The van der Waals surface area contributed by atoms with Crippen molar-refractivity contribution >= 4 is 17.5 Å². The number of likely N-dealkylation sites (N-methyl/N-ethyl adjacent to an activating group) is 1. The van der Waals surface area contributed by atoms with Gasteiger partial charge < -0.3 is 10.6 Å². The molecule has 1 rings (SSSR count). The molecule has 3 nitrogen and oxygen atoms in total. The number of amides is 1. The van der Waals surface area contributed by atoms with Gasteiger partial charge in [-0.25, -0.2) is 0 Å². The highest BCUT2D eigenvalue weighted by molar-refractivity contribution is 6.31. The second kappa shape index (κ2) is 6.03. The third-order valence-electron chi connectivity index (χ3n) is 3.04. The van der Waals surface area contributed by atoms with E-state index < -0.39 is 6.04 Å². The van der Waals surface area contributed by atoms with E-state index in [-0.39, 0.29) is 11.9 Å². The lowest BCUT2D eigenvalue weighted by molar-refractivity contribution is -0.133. The molecular formula is C13H19ClN2O. The fraction of sp³-hybridized carbons (Fsp3) is 0.462. The summed E-state index contributed by atoms with van der Waals surface area (Å²) in [7, 11) is 1.76.